The standard InChI is InChI=1S/C11H22N2O3/c1-4-9(3)13(8-11(15)16)10(14)6-7-12-5-2/h9,12H,4-8H2,1-3H3,(H,15,16). The summed E-state index contributed by atoms with van der Waals surface area (Å²) in [7, 11) is 0. The van der Waals surface area contributed by atoms with Crippen molar-refractivity contribution in [2.24, 2.45) is 0 Å². The third kappa shape index (κ3) is 5.70. The number of amides is 1. The van der Waals surface area contributed by atoms with Crippen LogP contribution in [0.1, 0.15) is 33.6 Å². The fourth-order valence-electron chi connectivity index (χ4n) is 1.37. The van der Waals surface area contributed by atoms with Crippen molar-refractivity contribution in [2.45, 2.75) is 39.7 Å². The molecule has 0 rings (SSSR count). The minimum atomic E-state index is -0.961. The van der Waals surface area contributed by atoms with Crippen molar-refractivity contribution in [2.75, 3.05) is 19.6 Å². The van der Waals surface area contributed by atoms with Crippen LogP contribution in [0.3, 0.4) is 0 Å². The number of rotatable bonds is 8. The van der Waals surface area contributed by atoms with Gasteiger partial charge in [-0.15, -0.1) is 0 Å². The van der Waals surface area contributed by atoms with Crippen molar-refractivity contribution in [1.82, 2.24) is 10.2 Å². The summed E-state index contributed by atoms with van der Waals surface area (Å²) >= 11 is 0. The highest BCUT2D eigenvalue weighted by Gasteiger charge is 2.20. The van der Waals surface area contributed by atoms with Crippen LogP contribution in [0.2, 0.25) is 0 Å². The van der Waals surface area contributed by atoms with Crippen molar-refractivity contribution in [3.05, 3.63) is 0 Å². The van der Waals surface area contributed by atoms with Gasteiger partial charge in [0.05, 0.1) is 0 Å². The molecule has 0 aliphatic rings. The van der Waals surface area contributed by atoms with E-state index >= 15 is 0 Å². The number of hydrogen-bond acceptors (Lipinski definition) is 3. The normalized spacial score (nSPS) is 12.2. The number of carbonyl (C=O) groups is 2. The first-order chi connectivity index (χ1) is 7.52. The predicted octanol–water partition coefficient (Wildman–Crippen LogP) is 0.698. The summed E-state index contributed by atoms with van der Waals surface area (Å²) in [6, 6.07) is -0.0229. The van der Waals surface area contributed by atoms with E-state index < -0.39 is 5.97 Å². The van der Waals surface area contributed by atoms with Crippen LogP contribution in [-0.2, 0) is 9.59 Å². The lowest BCUT2D eigenvalue weighted by molar-refractivity contribution is -0.146. The first-order valence-electron chi connectivity index (χ1n) is 5.74. The second kappa shape index (κ2) is 8.10. The van der Waals surface area contributed by atoms with Crippen molar-refractivity contribution in [1.29, 1.82) is 0 Å². The Bertz CT molecular complexity index is 231. The Balaban J connectivity index is 4.26. The van der Waals surface area contributed by atoms with E-state index in [9.17, 15) is 9.59 Å². The van der Waals surface area contributed by atoms with Crippen LogP contribution in [0.5, 0.6) is 0 Å². The predicted molar refractivity (Wildman–Crippen MR) is 62.3 cm³/mol. The molecule has 2 N–H and O–H groups in total. The number of carboxylic acids is 1. The Hall–Kier alpha value is -1.10. The van der Waals surface area contributed by atoms with Gasteiger partial charge in [-0.05, 0) is 19.9 Å². The molecule has 0 saturated carbocycles. The first kappa shape index (κ1) is 14.9. The lowest BCUT2D eigenvalue weighted by atomic mass is 10.2. The third-order valence-corrected chi connectivity index (χ3v) is 2.51. The minimum absolute atomic E-state index is 0.0229. The van der Waals surface area contributed by atoms with E-state index in [4.69, 9.17) is 5.11 Å². The number of nitrogens with one attached hydrogen (secondary N) is 1. The van der Waals surface area contributed by atoms with Crippen LogP contribution in [-0.4, -0.2) is 47.6 Å². The Morgan fingerprint density at radius 1 is 1.38 bits per heavy atom. The summed E-state index contributed by atoms with van der Waals surface area (Å²) in [5.74, 6) is -1.06. The van der Waals surface area contributed by atoms with Crippen molar-refractivity contribution in [3.63, 3.8) is 0 Å². The highest BCUT2D eigenvalue weighted by Crippen LogP contribution is 2.05. The summed E-state index contributed by atoms with van der Waals surface area (Å²) in [5.41, 5.74) is 0. The summed E-state index contributed by atoms with van der Waals surface area (Å²) in [6.45, 7) is 6.98. The molecule has 0 aromatic carbocycles. The van der Waals surface area contributed by atoms with Crippen molar-refractivity contribution < 1.29 is 14.7 Å². The topological polar surface area (TPSA) is 69.6 Å². The maximum atomic E-state index is 11.8. The number of hydrogen-bond donors (Lipinski definition) is 2. The van der Waals surface area contributed by atoms with Gasteiger partial charge in [-0.3, -0.25) is 9.59 Å². The molecular weight excluding hydrogens is 208 g/mol. The van der Waals surface area contributed by atoms with E-state index in [1.54, 1.807) is 0 Å². The summed E-state index contributed by atoms with van der Waals surface area (Å²) in [4.78, 5) is 23.9. The molecule has 1 unspecified atom stereocenters. The highest BCUT2D eigenvalue weighted by molar-refractivity contribution is 5.81. The molecular formula is C11H22N2O3. The average molecular weight is 230 g/mol. The fourth-order valence-corrected chi connectivity index (χ4v) is 1.37. The molecule has 0 fully saturated rings. The molecule has 0 spiro atoms. The van der Waals surface area contributed by atoms with Gasteiger partial charge in [-0.2, -0.15) is 0 Å². The zero-order valence-electron chi connectivity index (χ0n) is 10.3. The van der Waals surface area contributed by atoms with Gasteiger partial charge in [-0.1, -0.05) is 13.8 Å². The molecule has 0 aliphatic heterocycles. The lowest BCUT2D eigenvalue weighted by Crippen LogP contribution is -2.42. The van der Waals surface area contributed by atoms with Crippen LogP contribution in [0.25, 0.3) is 0 Å². The number of aliphatic carboxylic acids is 1. The molecule has 1 amide bonds. The van der Waals surface area contributed by atoms with Crippen LogP contribution in [0.15, 0.2) is 0 Å². The number of carboxylic acid groups (broad SMARTS) is 1. The Morgan fingerprint density at radius 2 is 2.00 bits per heavy atom. The van der Waals surface area contributed by atoms with E-state index in [1.165, 1.54) is 4.90 Å². The Labute approximate surface area is 96.8 Å². The van der Waals surface area contributed by atoms with Crippen LogP contribution >= 0.6 is 0 Å². The van der Waals surface area contributed by atoms with E-state index in [1.807, 2.05) is 20.8 Å². The van der Waals surface area contributed by atoms with Gasteiger partial charge in [0.25, 0.3) is 0 Å². The second-order valence-electron chi connectivity index (χ2n) is 3.78. The quantitative estimate of drug-likeness (QED) is 0.602. The molecule has 0 radical (unpaired) electrons. The van der Waals surface area contributed by atoms with Crippen molar-refractivity contribution in [3.8, 4) is 0 Å². The van der Waals surface area contributed by atoms with Gasteiger partial charge < -0.3 is 15.3 Å². The molecule has 5 heteroatoms. The highest BCUT2D eigenvalue weighted by atomic mass is 16.4. The van der Waals surface area contributed by atoms with Gasteiger partial charge in [-0.25, -0.2) is 0 Å². The summed E-state index contributed by atoms with van der Waals surface area (Å²) < 4.78 is 0. The van der Waals surface area contributed by atoms with E-state index in [0.29, 0.717) is 13.0 Å². The molecule has 94 valence electrons. The molecule has 0 aliphatic carbocycles. The SMILES string of the molecule is CCNCCC(=O)N(CC(=O)O)C(C)CC. The smallest absolute Gasteiger partial charge is 0.323 e. The van der Waals surface area contributed by atoms with Crippen LogP contribution < -0.4 is 5.32 Å². The van der Waals surface area contributed by atoms with Gasteiger partial charge in [0.15, 0.2) is 0 Å². The van der Waals surface area contributed by atoms with E-state index in [0.717, 1.165) is 13.0 Å². The largest absolute Gasteiger partial charge is 0.480 e. The van der Waals surface area contributed by atoms with Crippen LogP contribution in [0.4, 0.5) is 0 Å². The fraction of sp³-hybridized carbons (Fsp3) is 0.818. The van der Waals surface area contributed by atoms with Crippen LogP contribution in [0, 0.1) is 0 Å². The monoisotopic (exact) mass is 230 g/mol. The van der Waals surface area contributed by atoms with Gasteiger partial charge >= 0.3 is 5.97 Å². The van der Waals surface area contributed by atoms with Gasteiger partial charge in [0, 0.05) is 19.0 Å². The molecule has 0 aromatic rings. The maximum absolute atomic E-state index is 11.8. The Kier molecular flexibility index (Phi) is 7.54. The molecule has 5 nitrogen and oxygen atoms in total. The molecule has 0 saturated heterocycles. The van der Waals surface area contributed by atoms with Gasteiger partial charge in [0.1, 0.15) is 6.54 Å². The molecule has 1 atom stereocenters. The minimum Gasteiger partial charge on any atom is -0.480 e. The van der Waals surface area contributed by atoms with Gasteiger partial charge in [0.2, 0.25) is 5.91 Å². The summed E-state index contributed by atoms with van der Waals surface area (Å²) in [6.07, 6.45) is 1.12. The Morgan fingerprint density at radius 3 is 2.44 bits per heavy atom. The molecule has 0 bridgehead atoms. The molecule has 0 heterocycles. The van der Waals surface area contributed by atoms with Crippen molar-refractivity contribution >= 4 is 11.9 Å². The first-order valence-corrected chi connectivity index (χ1v) is 5.74. The zero-order chi connectivity index (χ0) is 12.6. The number of nitrogens with zero attached hydrogens (tertiary/aromatic N) is 1. The average Bonchev–Trinajstić information content (AvgIpc) is 2.24. The zero-order valence-corrected chi connectivity index (χ0v) is 10.3. The molecule has 16 heavy (non-hydrogen) atoms. The second-order valence-corrected chi connectivity index (χ2v) is 3.78. The lowest BCUT2D eigenvalue weighted by Gasteiger charge is -2.27. The number of carbonyl (C=O) groups excluding carboxylic acids is 1. The third-order valence-electron chi connectivity index (χ3n) is 2.51. The van der Waals surface area contributed by atoms with E-state index in [-0.39, 0.29) is 18.5 Å². The maximum Gasteiger partial charge on any atom is 0.323 e. The summed E-state index contributed by atoms with van der Waals surface area (Å²) in [5, 5.41) is 11.8. The molecule has 0 aromatic heterocycles. The van der Waals surface area contributed by atoms with E-state index in [2.05, 4.69) is 5.32 Å².